The number of nitriles is 1. The van der Waals surface area contributed by atoms with Crippen LogP contribution in [0.1, 0.15) is 93.4 Å². The Labute approximate surface area is 246 Å². The summed E-state index contributed by atoms with van der Waals surface area (Å²) >= 11 is 0. The lowest BCUT2D eigenvalue weighted by Crippen LogP contribution is -2.66. The summed E-state index contributed by atoms with van der Waals surface area (Å²) in [5.74, 6) is 0.372. The highest BCUT2D eigenvalue weighted by molar-refractivity contribution is 6.04. The summed E-state index contributed by atoms with van der Waals surface area (Å²) in [5, 5.41) is 9.95. The summed E-state index contributed by atoms with van der Waals surface area (Å²) in [6.45, 7) is 18.0. The largest absolute Gasteiger partial charge is 0.326 e. The minimum atomic E-state index is -0.651. The second-order valence-corrected chi connectivity index (χ2v) is 16.7. The second kappa shape index (κ2) is 8.57. The van der Waals surface area contributed by atoms with Crippen LogP contribution >= 0.6 is 0 Å². The third kappa shape index (κ3) is 3.62. The fourth-order valence-electron chi connectivity index (χ4n) is 11.2. The molecule has 41 heavy (non-hydrogen) atoms. The lowest BCUT2D eigenvalue weighted by atomic mass is 9.34. The van der Waals surface area contributed by atoms with Gasteiger partial charge in [0.15, 0.2) is 11.6 Å². The average Bonchev–Trinajstić information content (AvgIpc) is 3.20. The van der Waals surface area contributed by atoms with Crippen molar-refractivity contribution in [2.75, 3.05) is 26.7 Å². The minimum absolute atomic E-state index is 0.0356. The normalized spacial score (nSPS) is 44.7. The summed E-state index contributed by atoms with van der Waals surface area (Å²) in [4.78, 5) is 44.9. The first-order valence-electron chi connectivity index (χ1n) is 15.9. The van der Waals surface area contributed by atoms with E-state index in [9.17, 15) is 19.6 Å². The van der Waals surface area contributed by atoms with Crippen molar-refractivity contribution in [3.05, 3.63) is 23.3 Å². The Morgan fingerprint density at radius 2 is 1.63 bits per heavy atom. The third-order valence-corrected chi connectivity index (χ3v) is 13.8. The molecule has 5 aliphatic carbocycles. The molecule has 222 valence electrons. The maximum absolute atomic E-state index is 14.7. The van der Waals surface area contributed by atoms with E-state index in [0.29, 0.717) is 0 Å². The molecule has 6 heteroatoms. The molecular formula is C35H49N3O3. The number of likely N-dealkylation sites (N-methyl/N-ethyl adjacent to an activating group) is 1. The SMILES string of the molecule is CN1CCN(C[C@]23CCC(C)(C)C[C@H]2[C@H]2C(=O)C=C4[C@@]5(C)C=C(C#N)C(=O)C(C)(C)[C@@H]5CC[C@@]4(C)[C@]2(C)CC3)C1=O. The van der Waals surface area contributed by atoms with Crippen LogP contribution in [0.15, 0.2) is 23.3 Å². The second-order valence-electron chi connectivity index (χ2n) is 16.7. The summed E-state index contributed by atoms with van der Waals surface area (Å²) in [6, 6.07) is 2.33. The van der Waals surface area contributed by atoms with Crippen molar-refractivity contribution in [3.63, 3.8) is 0 Å². The summed E-state index contributed by atoms with van der Waals surface area (Å²) in [6.07, 6.45) is 11.0. The molecule has 1 saturated heterocycles. The van der Waals surface area contributed by atoms with Gasteiger partial charge in [0.25, 0.3) is 0 Å². The Kier molecular flexibility index (Phi) is 6.00. The molecule has 0 radical (unpaired) electrons. The lowest BCUT2D eigenvalue weighted by Gasteiger charge is -2.69. The van der Waals surface area contributed by atoms with Crippen LogP contribution in [0.25, 0.3) is 0 Å². The Hall–Kier alpha value is -2.42. The topological polar surface area (TPSA) is 81.5 Å². The van der Waals surface area contributed by atoms with E-state index in [2.05, 4.69) is 45.6 Å². The van der Waals surface area contributed by atoms with Crippen molar-refractivity contribution >= 4 is 17.6 Å². The zero-order chi connectivity index (χ0) is 30.0. The van der Waals surface area contributed by atoms with Gasteiger partial charge in [0, 0.05) is 43.4 Å². The van der Waals surface area contributed by atoms with Gasteiger partial charge in [-0.1, -0.05) is 60.1 Å². The Balaban J connectivity index is 1.47. The highest BCUT2D eigenvalue weighted by atomic mass is 16.2. The summed E-state index contributed by atoms with van der Waals surface area (Å²) in [7, 11) is 1.89. The number of fused-ring (bicyclic) bond motifs is 7. The van der Waals surface area contributed by atoms with Crippen molar-refractivity contribution in [1.82, 2.24) is 9.80 Å². The minimum Gasteiger partial charge on any atom is -0.326 e. The standard InChI is InChI=1S/C35H49N3O3/c1-30(2)11-13-35(21-38-16-15-37(8)29(38)41)14-12-34(7)27(23(35)19-30)24(39)17-26-32(5)18-22(20-36)28(40)31(3,4)25(32)9-10-33(26,34)6/h17-18,23,25,27H,9-16,19,21H2,1-8H3/t23-,25-,27-,32-,33+,34+,35+/m0/s1. The Morgan fingerprint density at radius 1 is 0.951 bits per heavy atom. The molecule has 0 spiro atoms. The Morgan fingerprint density at radius 3 is 2.27 bits per heavy atom. The fraction of sp³-hybridized carbons (Fsp3) is 0.771. The van der Waals surface area contributed by atoms with Crippen LogP contribution < -0.4 is 0 Å². The first-order valence-corrected chi connectivity index (χ1v) is 15.9. The van der Waals surface area contributed by atoms with E-state index in [1.54, 1.807) is 0 Å². The van der Waals surface area contributed by atoms with E-state index < -0.39 is 10.8 Å². The average molecular weight is 560 g/mol. The number of carbonyl (C=O) groups is 3. The number of nitrogens with zero attached hydrogens (tertiary/aromatic N) is 3. The van der Waals surface area contributed by atoms with Gasteiger partial charge in [0.1, 0.15) is 6.07 Å². The van der Waals surface area contributed by atoms with E-state index >= 15 is 0 Å². The number of urea groups is 1. The zero-order valence-corrected chi connectivity index (χ0v) is 26.5. The van der Waals surface area contributed by atoms with Gasteiger partial charge in [-0.15, -0.1) is 0 Å². The number of allylic oxidation sites excluding steroid dienone is 4. The molecule has 0 unspecified atom stereocenters. The number of carbonyl (C=O) groups excluding carboxylic acids is 3. The molecule has 4 fully saturated rings. The molecule has 6 rings (SSSR count). The van der Waals surface area contributed by atoms with Crippen LogP contribution in [0, 0.1) is 61.6 Å². The molecule has 0 aromatic rings. The van der Waals surface area contributed by atoms with Crippen LogP contribution in [0.5, 0.6) is 0 Å². The molecule has 0 bridgehead atoms. The Bertz CT molecular complexity index is 1330. The summed E-state index contributed by atoms with van der Waals surface area (Å²) in [5.41, 5.74) is -0.0671. The molecule has 7 atom stereocenters. The molecule has 0 N–H and O–H groups in total. The number of ketones is 2. The monoisotopic (exact) mass is 559 g/mol. The first kappa shape index (κ1) is 28.7. The molecule has 6 aliphatic rings. The molecule has 3 saturated carbocycles. The van der Waals surface area contributed by atoms with Crippen molar-refractivity contribution in [1.29, 1.82) is 5.26 Å². The van der Waals surface area contributed by atoms with Gasteiger partial charge in [0.05, 0.1) is 5.57 Å². The highest BCUT2D eigenvalue weighted by Gasteiger charge is 2.70. The quantitative estimate of drug-likeness (QED) is 0.383. The van der Waals surface area contributed by atoms with E-state index in [1.807, 2.05) is 37.9 Å². The van der Waals surface area contributed by atoms with Crippen LogP contribution in [0.3, 0.4) is 0 Å². The molecule has 1 aliphatic heterocycles. The number of Topliss-reactive ketones (excluding diaryl/α,β-unsaturated/α-hetero) is 1. The van der Waals surface area contributed by atoms with Gasteiger partial charge < -0.3 is 9.80 Å². The van der Waals surface area contributed by atoms with Crippen molar-refractivity contribution in [2.24, 2.45) is 50.2 Å². The van der Waals surface area contributed by atoms with Crippen LogP contribution in [-0.2, 0) is 9.59 Å². The first-order chi connectivity index (χ1) is 19.0. The number of rotatable bonds is 2. The summed E-state index contributed by atoms with van der Waals surface area (Å²) < 4.78 is 0. The fourth-order valence-corrected chi connectivity index (χ4v) is 11.2. The molecule has 2 amide bonds. The van der Waals surface area contributed by atoms with E-state index in [1.165, 1.54) is 0 Å². The van der Waals surface area contributed by atoms with Crippen LogP contribution in [0.4, 0.5) is 4.79 Å². The predicted molar refractivity (Wildman–Crippen MR) is 158 cm³/mol. The zero-order valence-electron chi connectivity index (χ0n) is 26.5. The smallest absolute Gasteiger partial charge is 0.319 e. The molecular weight excluding hydrogens is 510 g/mol. The van der Waals surface area contributed by atoms with Crippen molar-refractivity contribution in [2.45, 2.75) is 93.4 Å². The van der Waals surface area contributed by atoms with Crippen molar-refractivity contribution in [3.8, 4) is 6.07 Å². The van der Waals surface area contributed by atoms with E-state index in [4.69, 9.17) is 0 Å². The van der Waals surface area contributed by atoms with Crippen LogP contribution in [-0.4, -0.2) is 54.1 Å². The van der Waals surface area contributed by atoms with Crippen LogP contribution in [0.2, 0.25) is 0 Å². The number of hydrogen-bond acceptors (Lipinski definition) is 4. The van der Waals surface area contributed by atoms with E-state index in [0.717, 1.165) is 70.2 Å². The van der Waals surface area contributed by atoms with Gasteiger partial charge in [-0.05, 0) is 84.5 Å². The molecule has 0 aromatic heterocycles. The van der Waals surface area contributed by atoms with Crippen molar-refractivity contribution < 1.29 is 14.4 Å². The van der Waals surface area contributed by atoms with Gasteiger partial charge in [-0.3, -0.25) is 9.59 Å². The van der Waals surface area contributed by atoms with Gasteiger partial charge >= 0.3 is 6.03 Å². The third-order valence-electron chi connectivity index (χ3n) is 13.8. The molecule has 6 nitrogen and oxygen atoms in total. The molecule has 0 aromatic carbocycles. The predicted octanol–water partition coefficient (Wildman–Crippen LogP) is 6.57. The maximum Gasteiger partial charge on any atom is 0.319 e. The highest BCUT2D eigenvalue weighted by Crippen LogP contribution is 2.74. The van der Waals surface area contributed by atoms with Gasteiger partial charge in [-0.2, -0.15) is 5.26 Å². The number of hydrogen-bond donors (Lipinski definition) is 0. The molecule has 1 heterocycles. The number of amides is 2. The van der Waals surface area contributed by atoms with E-state index in [-0.39, 0.29) is 62.6 Å². The van der Waals surface area contributed by atoms with Gasteiger partial charge in [-0.25, -0.2) is 4.79 Å². The van der Waals surface area contributed by atoms with Gasteiger partial charge in [0.2, 0.25) is 0 Å². The lowest BCUT2D eigenvalue weighted by molar-refractivity contribution is -0.173. The maximum atomic E-state index is 14.7.